The zero-order valence-corrected chi connectivity index (χ0v) is 25.7. The van der Waals surface area contributed by atoms with Gasteiger partial charge < -0.3 is 8.85 Å². The van der Waals surface area contributed by atoms with Gasteiger partial charge in [-0.25, -0.2) is 0 Å². The molecule has 0 atom stereocenters. The molecule has 0 saturated carbocycles. The summed E-state index contributed by atoms with van der Waals surface area (Å²) in [5, 5.41) is 0.941. The van der Waals surface area contributed by atoms with Crippen LogP contribution in [0.2, 0.25) is 53.4 Å². The van der Waals surface area contributed by atoms with Gasteiger partial charge in [-0.1, -0.05) is 77.4 Å². The summed E-state index contributed by atoms with van der Waals surface area (Å²) in [5.41, 5.74) is 2.81. The normalized spacial score (nSPS) is 12.5. The second kappa shape index (κ2) is 16.0. The molecule has 7 heteroatoms. The second-order valence-electron chi connectivity index (χ2n) is 8.44. The van der Waals surface area contributed by atoms with Gasteiger partial charge in [0.2, 0.25) is 0 Å². The van der Waals surface area contributed by atoms with E-state index in [9.17, 15) is 0 Å². The van der Waals surface area contributed by atoms with E-state index >= 15 is 0 Å². The first-order chi connectivity index (χ1) is 14.9. The Balaban J connectivity index is 2.47. The highest BCUT2D eigenvalue weighted by Gasteiger charge is 2.29. The van der Waals surface area contributed by atoms with E-state index in [-0.39, 0.29) is 0 Å². The maximum absolute atomic E-state index is 6.60. The van der Waals surface area contributed by atoms with Crippen molar-refractivity contribution in [1.82, 2.24) is 0 Å². The summed E-state index contributed by atoms with van der Waals surface area (Å²) in [6, 6.07) is 16.3. The molecule has 1 aromatic carbocycles. The van der Waals surface area contributed by atoms with E-state index < -0.39 is 16.6 Å². The Kier molecular flexibility index (Phi) is 15.2. The van der Waals surface area contributed by atoms with Crippen LogP contribution in [0.4, 0.5) is 0 Å². The number of hydrogen-bond donors (Lipinski definition) is 0. The van der Waals surface area contributed by atoms with E-state index in [4.69, 9.17) is 20.5 Å². The lowest BCUT2D eigenvalue weighted by Crippen LogP contribution is -2.37. The van der Waals surface area contributed by atoms with Crippen LogP contribution < -0.4 is 0 Å². The molecule has 176 valence electrons. The zero-order valence-electron chi connectivity index (χ0n) is 20.9. The van der Waals surface area contributed by atoms with Gasteiger partial charge in [0.15, 0.2) is 16.6 Å². The van der Waals surface area contributed by atoms with Crippen molar-refractivity contribution >= 4 is 47.3 Å². The predicted molar refractivity (Wildman–Crippen MR) is 146 cm³/mol. The molecule has 0 fully saturated rings. The number of halogens is 1. The minimum absolute atomic E-state index is 0.869. The van der Waals surface area contributed by atoms with Gasteiger partial charge >= 0.3 is 0 Å². The Hall–Kier alpha value is 0.298. The van der Waals surface area contributed by atoms with Crippen molar-refractivity contribution in [3.05, 3.63) is 34.3 Å². The molecule has 0 amide bonds. The summed E-state index contributed by atoms with van der Waals surface area (Å²) >= 11 is 6.60. The fraction of sp³-hybridized carbons (Fsp3) is 0.750. The van der Waals surface area contributed by atoms with Crippen molar-refractivity contribution in [3.63, 3.8) is 0 Å². The summed E-state index contributed by atoms with van der Waals surface area (Å²) < 4.78 is 12.9. The van der Waals surface area contributed by atoms with Gasteiger partial charge in [-0.15, -0.1) is 0 Å². The Morgan fingerprint density at radius 3 is 1.61 bits per heavy atom. The number of benzene rings is 1. The number of rotatable bonds is 18. The molecule has 0 spiro atoms. The first kappa shape index (κ1) is 29.3. The van der Waals surface area contributed by atoms with Crippen LogP contribution in [-0.2, 0) is 21.7 Å². The maximum Gasteiger partial charge on any atom is 0.191 e. The monoisotopic (exact) mass is 512 g/mol. The third kappa shape index (κ3) is 9.59. The van der Waals surface area contributed by atoms with Crippen molar-refractivity contribution in [3.8, 4) is 0 Å². The van der Waals surface area contributed by atoms with Gasteiger partial charge in [-0.05, 0) is 66.3 Å². The number of aryl methyl sites for hydroxylation is 1. The molecule has 0 bridgehead atoms. The Labute approximate surface area is 205 Å². The fourth-order valence-corrected chi connectivity index (χ4v) is 13.2. The van der Waals surface area contributed by atoms with E-state index in [1.54, 1.807) is 0 Å². The van der Waals surface area contributed by atoms with Gasteiger partial charge in [-0.3, -0.25) is 0 Å². The van der Waals surface area contributed by atoms with Gasteiger partial charge in [-0.2, -0.15) is 0 Å². The lowest BCUT2D eigenvalue weighted by atomic mass is 10.0. The Morgan fingerprint density at radius 1 is 0.710 bits per heavy atom. The second-order valence-corrected chi connectivity index (χ2v) is 21.0. The molecule has 4 radical (unpaired) electrons. The molecule has 0 aliphatic carbocycles. The quantitative estimate of drug-likeness (QED) is 0.148. The fourth-order valence-electron chi connectivity index (χ4n) is 4.22. The lowest BCUT2D eigenvalue weighted by Gasteiger charge is -2.28. The van der Waals surface area contributed by atoms with E-state index in [2.05, 4.69) is 59.7 Å². The summed E-state index contributed by atoms with van der Waals surface area (Å²) in [4.78, 5) is 0. The van der Waals surface area contributed by atoms with Crippen molar-refractivity contribution in [1.29, 1.82) is 0 Å². The van der Waals surface area contributed by atoms with Gasteiger partial charge in [0.05, 0.1) is 19.0 Å². The first-order valence-electron chi connectivity index (χ1n) is 12.4. The van der Waals surface area contributed by atoms with Crippen LogP contribution in [0, 0.1) is 0 Å². The average Bonchev–Trinajstić information content (AvgIpc) is 2.81. The third-order valence-corrected chi connectivity index (χ3v) is 19.2. The minimum Gasteiger partial charge on any atom is -0.421 e. The Bertz CT molecular complexity index is 591. The van der Waals surface area contributed by atoms with Crippen molar-refractivity contribution in [2.24, 2.45) is 0 Å². The first-order valence-corrected chi connectivity index (χ1v) is 20.7. The van der Waals surface area contributed by atoms with E-state index in [1.807, 2.05) is 0 Å². The molecule has 0 N–H and O–H groups in total. The van der Waals surface area contributed by atoms with Gasteiger partial charge in [0.1, 0.15) is 0 Å². The van der Waals surface area contributed by atoms with Crippen molar-refractivity contribution in [2.45, 2.75) is 103 Å². The van der Waals surface area contributed by atoms with Gasteiger partial charge in [0.25, 0.3) is 0 Å². The topological polar surface area (TPSA) is 18.5 Å². The van der Waals surface area contributed by atoms with E-state index in [0.717, 1.165) is 49.4 Å². The molecule has 0 aliphatic heterocycles. The minimum atomic E-state index is -1.44. The van der Waals surface area contributed by atoms with Crippen LogP contribution in [-0.4, -0.2) is 48.1 Å². The Morgan fingerprint density at radius 2 is 1.16 bits per heavy atom. The molecule has 1 aromatic rings. The molecule has 0 heterocycles. The summed E-state index contributed by atoms with van der Waals surface area (Å²) in [6.07, 6.45) is 4.09. The van der Waals surface area contributed by atoms with Crippen molar-refractivity contribution < 1.29 is 8.85 Å². The largest absolute Gasteiger partial charge is 0.421 e. The highest BCUT2D eigenvalue weighted by molar-refractivity contribution is 6.74. The molecule has 0 aliphatic rings. The summed E-state index contributed by atoms with van der Waals surface area (Å²) in [6.45, 7) is 13.8. The lowest BCUT2D eigenvalue weighted by molar-refractivity contribution is 0.363. The van der Waals surface area contributed by atoms with Gasteiger partial charge in [0, 0.05) is 17.5 Å². The van der Waals surface area contributed by atoms with Crippen LogP contribution in [0.25, 0.3) is 0 Å². The molecular formula is C24H45ClO2Si4. The summed E-state index contributed by atoms with van der Waals surface area (Å²) in [5.74, 6) is 0. The smallest absolute Gasteiger partial charge is 0.191 e. The predicted octanol–water partition coefficient (Wildman–Crippen LogP) is 7.63. The SMILES string of the molecule is CC[Si](CC)(CC)OC[Si]CCc1cccc(Cl)c1CC[Si]CO[Si](CC)(CC)CC. The molecule has 31 heavy (non-hydrogen) atoms. The van der Waals surface area contributed by atoms with Crippen molar-refractivity contribution in [2.75, 3.05) is 12.5 Å². The number of hydrogen-bond acceptors (Lipinski definition) is 2. The van der Waals surface area contributed by atoms with E-state index in [0.29, 0.717) is 0 Å². The van der Waals surface area contributed by atoms with Crippen LogP contribution >= 0.6 is 11.6 Å². The van der Waals surface area contributed by atoms with Crippen LogP contribution in [0.1, 0.15) is 52.7 Å². The average molecular weight is 513 g/mol. The molecular weight excluding hydrogens is 468 g/mol. The maximum atomic E-state index is 6.60. The highest BCUT2D eigenvalue weighted by Crippen LogP contribution is 2.25. The molecule has 0 saturated heterocycles. The molecule has 0 aromatic heterocycles. The van der Waals surface area contributed by atoms with Crippen LogP contribution in [0.5, 0.6) is 0 Å². The zero-order chi connectivity index (χ0) is 23.2. The third-order valence-electron chi connectivity index (χ3n) is 7.17. The molecule has 0 unspecified atom stereocenters. The molecule has 2 nitrogen and oxygen atoms in total. The van der Waals surface area contributed by atoms with Crippen LogP contribution in [0.3, 0.4) is 0 Å². The highest BCUT2D eigenvalue weighted by atomic mass is 35.5. The standard InChI is InChI=1S/C24H45ClO2Si4/c1-7-30(8-2,9-3)26-20-28-18-16-22-14-13-15-24(25)23(22)17-19-29-21-27-31(10-4,11-5)12-6/h13-15H,7-12,16-21H2,1-6H3. The van der Waals surface area contributed by atoms with E-state index in [1.165, 1.54) is 59.5 Å². The summed E-state index contributed by atoms with van der Waals surface area (Å²) in [7, 11) is -1.13. The van der Waals surface area contributed by atoms with Crippen LogP contribution in [0.15, 0.2) is 18.2 Å². The molecule has 1 rings (SSSR count).